The topological polar surface area (TPSA) is 61.2 Å². The van der Waals surface area contributed by atoms with Crippen LogP contribution in [0.4, 0.5) is 0 Å². The van der Waals surface area contributed by atoms with Crippen molar-refractivity contribution in [2.75, 3.05) is 0 Å². The van der Waals surface area contributed by atoms with Crippen LogP contribution in [0.25, 0.3) is 0 Å². The summed E-state index contributed by atoms with van der Waals surface area (Å²) in [4.78, 5) is 26.5. The Morgan fingerprint density at radius 1 is 0.947 bits per heavy atom. The molecule has 1 heterocycles. The average molecular weight is 260 g/mol. The third kappa shape index (κ3) is 1.79. The fourth-order valence-corrected chi connectivity index (χ4v) is 4.11. The molecule has 2 unspecified atom stereocenters. The van der Waals surface area contributed by atoms with Crippen molar-refractivity contribution in [3.8, 4) is 6.07 Å². The number of imide groups is 1. The second-order valence-corrected chi connectivity index (χ2v) is 6.21. The predicted octanol–water partition coefficient (Wildman–Crippen LogP) is 2.39. The summed E-state index contributed by atoms with van der Waals surface area (Å²) in [5, 5.41) is 9.57. The summed E-state index contributed by atoms with van der Waals surface area (Å²) in [5.74, 6) is -0.377. The third-order valence-electron chi connectivity index (χ3n) is 5.16. The molecule has 1 saturated heterocycles. The van der Waals surface area contributed by atoms with Crippen molar-refractivity contribution in [3.05, 3.63) is 0 Å². The highest BCUT2D eigenvalue weighted by Crippen LogP contribution is 2.44. The number of carbonyl (C=O) groups is 2. The lowest BCUT2D eigenvalue weighted by Crippen LogP contribution is -2.52. The first-order valence-electron chi connectivity index (χ1n) is 7.49. The van der Waals surface area contributed by atoms with Gasteiger partial charge in [-0.3, -0.25) is 14.5 Å². The van der Waals surface area contributed by atoms with Crippen LogP contribution in [0.1, 0.15) is 57.8 Å². The summed E-state index contributed by atoms with van der Waals surface area (Å²) in [6.07, 6.45) is 8.05. The lowest BCUT2D eigenvalue weighted by atomic mass is 9.81. The van der Waals surface area contributed by atoms with Gasteiger partial charge >= 0.3 is 0 Å². The van der Waals surface area contributed by atoms with Crippen molar-refractivity contribution in [1.82, 2.24) is 4.90 Å². The van der Waals surface area contributed by atoms with Crippen molar-refractivity contribution in [2.24, 2.45) is 11.8 Å². The molecule has 3 aliphatic rings. The number of rotatable bonds is 1. The number of nitriles is 1. The molecule has 0 aromatic carbocycles. The molecule has 3 fully saturated rings. The first kappa shape index (κ1) is 12.7. The lowest BCUT2D eigenvalue weighted by Gasteiger charge is -2.37. The van der Waals surface area contributed by atoms with E-state index in [-0.39, 0.29) is 23.7 Å². The minimum Gasteiger partial charge on any atom is -0.274 e. The molecule has 0 aromatic rings. The first-order valence-corrected chi connectivity index (χ1v) is 7.49. The van der Waals surface area contributed by atoms with Gasteiger partial charge < -0.3 is 0 Å². The molecule has 1 aliphatic heterocycles. The minimum absolute atomic E-state index is 0.0573. The van der Waals surface area contributed by atoms with Crippen LogP contribution < -0.4 is 0 Å². The lowest BCUT2D eigenvalue weighted by molar-refractivity contribution is -0.146. The smallest absolute Gasteiger partial charge is 0.234 e. The molecule has 102 valence electrons. The van der Waals surface area contributed by atoms with E-state index in [1.165, 1.54) is 4.90 Å². The van der Waals surface area contributed by atoms with E-state index in [4.69, 9.17) is 0 Å². The van der Waals surface area contributed by atoms with Gasteiger partial charge in [-0.05, 0) is 25.7 Å². The zero-order valence-corrected chi connectivity index (χ0v) is 11.2. The molecule has 0 aromatic heterocycles. The zero-order valence-electron chi connectivity index (χ0n) is 11.2. The van der Waals surface area contributed by atoms with Crippen LogP contribution in [0.2, 0.25) is 0 Å². The van der Waals surface area contributed by atoms with E-state index < -0.39 is 5.54 Å². The monoisotopic (exact) mass is 260 g/mol. The zero-order chi connectivity index (χ0) is 13.5. The molecule has 4 heteroatoms. The van der Waals surface area contributed by atoms with E-state index in [1.807, 2.05) is 0 Å². The number of amides is 2. The number of likely N-dealkylation sites (tertiary alicyclic amines) is 1. The second-order valence-electron chi connectivity index (χ2n) is 6.21. The maximum Gasteiger partial charge on any atom is 0.234 e. The van der Waals surface area contributed by atoms with Gasteiger partial charge in [0.05, 0.1) is 17.9 Å². The van der Waals surface area contributed by atoms with Crippen LogP contribution in [-0.2, 0) is 9.59 Å². The molecule has 2 atom stereocenters. The van der Waals surface area contributed by atoms with Crippen LogP contribution in [0.15, 0.2) is 0 Å². The summed E-state index contributed by atoms with van der Waals surface area (Å²) in [5.41, 5.74) is -0.830. The number of hydrogen-bond acceptors (Lipinski definition) is 3. The van der Waals surface area contributed by atoms with E-state index >= 15 is 0 Å². The molecule has 3 rings (SSSR count). The van der Waals surface area contributed by atoms with Crippen molar-refractivity contribution in [1.29, 1.82) is 5.26 Å². The number of nitrogens with zero attached hydrogens (tertiary/aromatic N) is 2. The molecule has 0 bridgehead atoms. The van der Waals surface area contributed by atoms with Crippen LogP contribution in [0.5, 0.6) is 0 Å². The fraction of sp³-hybridized carbons (Fsp3) is 0.800. The van der Waals surface area contributed by atoms with Gasteiger partial charge in [0, 0.05) is 0 Å². The molecule has 2 saturated carbocycles. The summed E-state index contributed by atoms with van der Waals surface area (Å²) < 4.78 is 0. The maximum absolute atomic E-state index is 12.6. The van der Waals surface area contributed by atoms with Gasteiger partial charge in [-0.2, -0.15) is 5.26 Å². The molecule has 0 radical (unpaired) electrons. The van der Waals surface area contributed by atoms with Gasteiger partial charge in [0.1, 0.15) is 5.54 Å². The highest BCUT2D eigenvalue weighted by atomic mass is 16.2. The maximum atomic E-state index is 12.6. The van der Waals surface area contributed by atoms with Crippen molar-refractivity contribution >= 4 is 11.8 Å². The Bertz CT molecular complexity index is 422. The van der Waals surface area contributed by atoms with Crippen molar-refractivity contribution in [3.63, 3.8) is 0 Å². The molecule has 2 aliphatic carbocycles. The average Bonchev–Trinajstić information content (AvgIpc) is 2.73. The summed E-state index contributed by atoms with van der Waals surface area (Å²) >= 11 is 0. The molecule has 0 spiro atoms. The van der Waals surface area contributed by atoms with E-state index in [0.29, 0.717) is 12.8 Å². The molecular weight excluding hydrogens is 240 g/mol. The third-order valence-corrected chi connectivity index (χ3v) is 5.16. The first-order chi connectivity index (χ1) is 9.19. The molecule has 0 N–H and O–H groups in total. The van der Waals surface area contributed by atoms with Gasteiger partial charge in [-0.15, -0.1) is 0 Å². The van der Waals surface area contributed by atoms with Gasteiger partial charge in [-0.1, -0.05) is 32.1 Å². The Hall–Kier alpha value is -1.37. The van der Waals surface area contributed by atoms with E-state index in [1.54, 1.807) is 0 Å². The second kappa shape index (κ2) is 4.63. The van der Waals surface area contributed by atoms with Crippen LogP contribution in [0.3, 0.4) is 0 Å². The molecular formula is C15H20N2O2. The fourth-order valence-electron chi connectivity index (χ4n) is 4.11. The van der Waals surface area contributed by atoms with Crippen molar-refractivity contribution < 1.29 is 9.59 Å². The summed E-state index contributed by atoms with van der Waals surface area (Å²) in [7, 11) is 0. The Kier molecular flexibility index (Phi) is 3.08. The number of hydrogen-bond donors (Lipinski definition) is 0. The van der Waals surface area contributed by atoms with E-state index in [0.717, 1.165) is 44.9 Å². The number of carbonyl (C=O) groups excluding carboxylic acids is 2. The summed E-state index contributed by atoms with van der Waals surface area (Å²) in [6, 6.07) is 2.31. The van der Waals surface area contributed by atoms with Gasteiger partial charge in [0.25, 0.3) is 0 Å². The molecule has 4 nitrogen and oxygen atoms in total. The Morgan fingerprint density at radius 2 is 1.47 bits per heavy atom. The van der Waals surface area contributed by atoms with Crippen molar-refractivity contribution in [2.45, 2.75) is 63.3 Å². The highest BCUT2D eigenvalue weighted by molar-refractivity contribution is 6.06. The Labute approximate surface area is 113 Å². The molecule has 2 amide bonds. The minimum atomic E-state index is -0.830. The highest BCUT2D eigenvalue weighted by Gasteiger charge is 2.56. The van der Waals surface area contributed by atoms with Gasteiger partial charge in [0.15, 0.2) is 0 Å². The Balaban J connectivity index is 1.93. The standard InChI is InChI=1S/C15H20N2O2/c16-10-15(8-4-1-5-9-15)17-13(18)11-6-2-3-7-12(11)14(17)19/h11-12H,1-9H2. The van der Waals surface area contributed by atoms with Crippen LogP contribution in [0, 0.1) is 23.2 Å². The summed E-state index contributed by atoms with van der Waals surface area (Å²) in [6.45, 7) is 0. The number of fused-ring (bicyclic) bond motifs is 1. The van der Waals surface area contributed by atoms with Crippen LogP contribution >= 0.6 is 0 Å². The van der Waals surface area contributed by atoms with E-state index in [2.05, 4.69) is 6.07 Å². The largest absolute Gasteiger partial charge is 0.274 e. The normalized spacial score (nSPS) is 33.9. The molecule has 19 heavy (non-hydrogen) atoms. The predicted molar refractivity (Wildman–Crippen MR) is 68.7 cm³/mol. The SMILES string of the molecule is N#CC1(N2C(=O)C3CCCCC3C2=O)CCCCC1. The van der Waals surface area contributed by atoms with Crippen LogP contribution in [-0.4, -0.2) is 22.3 Å². The van der Waals surface area contributed by atoms with Gasteiger partial charge in [-0.25, -0.2) is 0 Å². The Morgan fingerprint density at radius 3 is 1.95 bits per heavy atom. The van der Waals surface area contributed by atoms with E-state index in [9.17, 15) is 14.9 Å². The van der Waals surface area contributed by atoms with Gasteiger partial charge in [0.2, 0.25) is 11.8 Å². The quantitative estimate of drug-likeness (QED) is 0.680.